The van der Waals surface area contributed by atoms with Gasteiger partial charge in [-0.15, -0.1) is 0 Å². The molecule has 1 saturated heterocycles. The van der Waals surface area contributed by atoms with Crippen LogP contribution in [0.2, 0.25) is 0 Å². The number of imidazole rings is 1. The molecule has 0 radical (unpaired) electrons. The Labute approximate surface area is 211 Å². The third-order valence-electron chi connectivity index (χ3n) is 7.65. The Balaban J connectivity index is 1.48. The molecule has 0 spiro atoms. The number of nitrogens with zero attached hydrogens (tertiary/aromatic N) is 2. The second-order valence-electron chi connectivity index (χ2n) is 11.2. The van der Waals surface area contributed by atoms with Gasteiger partial charge in [-0.2, -0.15) is 0 Å². The highest BCUT2D eigenvalue weighted by Crippen LogP contribution is 2.44. The van der Waals surface area contributed by atoms with Gasteiger partial charge in [0.15, 0.2) is 5.82 Å². The second-order valence-corrected chi connectivity index (χ2v) is 11.2. The van der Waals surface area contributed by atoms with Crippen molar-refractivity contribution in [3.8, 4) is 0 Å². The number of nitrogens with one attached hydrogen (secondary N) is 3. The highest BCUT2D eigenvalue weighted by Gasteiger charge is 2.42. The van der Waals surface area contributed by atoms with Crippen LogP contribution in [-0.2, 0) is 14.4 Å². The van der Waals surface area contributed by atoms with E-state index >= 15 is 0 Å². The number of H-pyrrole nitrogens is 1. The summed E-state index contributed by atoms with van der Waals surface area (Å²) in [5.41, 5.74) is 0.856. The maximum absolute atomic E-state index is 14.1. The molecular formula is C27H38FN5O3. The molecule has 2 heterocycles. The van der Waals surface area contributed by atoms with E-state index in [1.165, 1.54) is 6.07 Å². The standard InChI is InChI=1S/C27H38FN5O3/c1-5-18-9-6-7-12-33(18)22(34)13-21(31-25(35)17-14-27(3,4)15-17)26(36)29-16(2)24-30-20-11-8-10-19(28)23(20)32-24/h8,10-11,16-18,21H,5-7,9,12-15H2,1-4H3,(H,29,36)(H,30,32)(H,31,35)/t16-,18?,21?/m0/s1. The lowest BCUT2D eigenvalue weighted by Gasteiger charge is -2.42. The lowest BCUT2D eigenvalue weighted by atomic mass is 9.64. The van der Waals surface area contributed by atoms with Crippen LogP contribution >= 0.6 is 0 Å². The molecule has 4 rings (SSSR count). The minimum atomic E-state index is -0.989. The van der Waals surface area contributed by atoms with E-state index in [2.05, 4.69) is 41.4 Å². The van der Waals surface area contributed by atoms with Gasteiger partial charge in [0.05, 0.1) is 18.0 Å². The first-order valence-corrected chi connectivity index (χ1v) is 13.1. The quantitative estimate of drug-likeness (QED) is 0.511. The summed E-state index contributed by atoms with van der Waals surface area (Å²) in [6, 6.07) is 3.25. The Morgan fingerprint density at radius 3 is 2.64 bits per heavy atom. The lowest BCUT2D eigenvalue weighted by Crippen LogP contribution is -2.54. The summed E-state index contributed by atoms with van der Waals surface area (Å²) in [5, 5.41) is 5.73. The summed E-state index contributed by atoms with van der Waals surface area (Å²) in [5.74, 6) is -0.948. The van der Waals surface area contributed by atoms with Crippen molar-refractivity contribution in [1.29, 1.82) is 0 Å². The largest absolute Gasteiger partial charge is 0.345 e. The number of carbonyl (C=O) groups is 3. The number of benzene rings is 1. The van der Waals surface area contributed by atoms with Crippen LogP contribution in [0.5, 0.6) is 0 Å². The number of hydrogen-bond donors (Lipinski definition) is 3. The van der Waals surface area contributed by atoms with Crippen LogP contribution in [0.3, 0.4) is 0 Å². The Morgan fingerprint density at radius 1 is 1.22 bits per heavy atom. The normalized spacial score (nSPS) is 21.5. The maximum atomic E-state index is 14.1. The number of aromatic amines is 1. The molecule has 3 amide bonds. The van der Waals surface area contributed by atoms with Crippen LogP contribution in [0.4, 0.5) is 4.39 Å². The summed E-state index contributed by atoms with van der Waals surface area (Å²) in [4.78, 5) is 48.8. The molecule has 3 N–H and O–H groups in total. The first kappa shape index (κ1) is 26.1. The summed E-state index contributed by atoms with van der Waals surface area (Å²) >= 11 is 0. The summed E-state index contributed by atoms with van der Waals surface area (Å²) in [6.07, 6.45) is 5.29. The van der Waals surface area contributed by atoms with Crippen LogP contribution in [0, 0.1) is 17.2 Å². The van der Waals surface area contributed by atoms with Crippen molar-refractivity contribution >= 4 is 28.8 Å². The van der Waals surface area contributed by atoms with Crippen molar-refractivity contribution < 1.29 is 18.8 Å². The zero-order valence-corrected chi connectivity index (χ0v) is 21.7. The minimum Gasteiger partial charge on any atom is -0.345 e. The van der Waals surface area contributed by atoms with E-state index in [9.17, 15) is 18.8 Å². The number of rotatable bonds is 8. The number of halogens is 1. The Morgan fingerprint density at radius 2 is 1.97 bits per heavy atom. The Bertz CT molecular complexity index is 1120. The van der Waals surface area contributed by atoms with E-state index in [0.717, 1.165) is 38.5 Å². The van der Waals surface area contributed by atoms with Crippen molar-refractivity contribution in [3.63, 3.8) is 0 Å². The van der Waals surface area contributed by atoms with Crippen LogP contribution in [0.15, 0.2) is 18.2 Å². The molecule has 2 unspecified atom stereocenters. The monoisotopic (exact) mass is 499 g/mol. The van der Waals surface area contributed by atoms with Crippen LogP contribution in [0.1, 0.15) is 84.5 Å². The van der Waals surface area contributed by atoms with Crippen molar-refractivity contribution in [2.45, 2.75) is 90.8 Å². The first-order chi connectivity index (χ1) is 17.1. The zero-order chi connectivity index (χ0) is 26.0. The lowest BCUT2D eigenvalue weighted by molar-refractivity contribution is -0.140. The number of likely N-dealkylation sites (tertiary alicyclic amines) is 1. The minimum absolute atomic E-state index is 0.0916. The molecule has 0 bridgehead atoms. The fourth-order valence-corrected chi connectivity index (χ4v) is 5.61. The van der Waals surface area contributed by atoms with Gasteiger partial charge in [0, 0.05) is 18.5 Å². The molecule has 8 nitrogen and oxygen atoms in total. The molecule has 9 heteroatoms. The molecule has 1 aliphatic heterocycles. The summed E-state index contributed by atoms with van der Waals surface area (Å²) < 4.78 is 14.1. The average Bonchev–Trinajstić information content (AvgIpc) is 3.28. The summed E-state index contributed by atoms with van der Waals surface area (Å²) in [7, 11) is 0. The molecule has 1 aliphatic carbocycles. The SMILES string of the molecule is CCC1CCCCN1C(=O)CC(NC(=O)C1CC(C)(C)C1)C(=O)N[C@@H](C)c1nc2c(F)cccc2[nH]1. The maximum Gasteiger partial charge on any atom is 0.243 e. The topological polar surface area (TPSA) is 107 Å². The van der Waals surface area contributed by atoms with Crippen LogP contribution < -0.4 is 10.6 Å². The van der Waals surface area contributed by atoms with Gasteiger partial charge < -0.3 is 20.5 Å². The van der Waals surface area contributed by atoms with Gasteiger partial charge in [0.2, 0.25) is 17.7 Å². The number of amides is 3. The Hall–Kier alpha value is -2.97. The molecule has 1 aromatic heterocycles. The van der Waals surface area contributed by atoms with Gasteiger partial charge in [-0.3, -0.25) is 14.4 Å². The third kappa shape index (κ3) is 5.71. The zero-order valence-electron chi connectivity index (χ0n) is 21.7. The second kappa shape index (κ2) is 10.6. The molecule has 2 fully saturated rings. The van der Waals surface area contributed by atoms with Crippen molar-refractivity contribution in [2.24, 2.45) is 11.3 Å². The molecule has 1 aromatic carbocycles. The Kier molecular flexibility index (Phi) is 7.66. The fourth-order valence-electron chi connectivity index (χ4n) is 5.61. The predicted octanol–water partition coefficient (Wildman–Crippen LogP) is 3.98. The molecule has 196 valence electrons. The smallest absolute Gasteiger partial charge is 0.243 e. The predicted molar refractivity (Wildman–Crippen MR) is 135 cm³/mol. The van der Waals surface area contributed by atoms with Gasteiger partial charge in [0.25, 0.3) is 0 Å². The summed E-state index contributed by atoms with van der Waals surface area (Å²) in [6.45, 7) is 8.71. The van der Waals surface area contributed by atoms with E-state index in [0.29, 0.717) is 17.9 Å². The number of aromatic nitrogens is 2. The molecule has 3 atom stereocenters. The van der Waals surface area contributed by atoms with E-state index in [4.69, 9.17) is 0 Å². The molecule has 36 heavy (non-hydrogen) atoms. The molecule has 2 aromatic rings. The molecule has 2 aliphatic rings. The highest BCUT2D eigenvalue weighted by atomic mass is 19.1. The number of carbonyl (C=O) groups excluding carboxylic acids is 3. The fraction of sp³-hybridized carbons (Fsp3) is 0.630. The van der Waals surface area contributed by atoms with Gasteiger partial charge in [-0.05, 0) is 63.0 Å². The number of para-hydroxylation sites is 1. The van der Waals surface area contributed by atoms with Crippen molar-refractivity contribution in [1.82, 2.24) is 25.5 Å². The highest BCUT2D eigenvalue weighted by molar-refractivity contribution is 5.93. The van der Waals surface area contributed by atoms with Crippen molar-refractivity contribution in [2.75, 3.05) is 6.54 Å². The number of hydrogen-bond acceptors (Lipinski definition) is 4. The van der Waals surface area contributed by atoms with E-state index < -0.39 is 23.8 Å². The van der Waals surface area contributed by atoms with Gasteiger partial charge >= 0.3 is 0 Å². The van der Waals surface area contributed by atoms with E-state index in [-0.39, 0.29) is 41.1 Å². The van der Waals surface area contributed by atoms with Crippen LogP contribution in [0.25, 0.3) is 11.0 Å². The van der Waals surface area contributed by atoms with Gasteiger partial charge in [0.1, 0.15) is 17.4 Å². The number of fused-ring (bicyclic) bond motifs is 1. The number of piperidine rings is 1. The third-order valence-corrected chi connectivity index (χ3v) is 7.65. The van der Waals surface area contributed by atoms with Crippen LogP contribution in [-0.4, -0.2) is 51.2 Å². The molecule has 1 saturated carbocycles. The van der Waals surface area contributed by atoms with E-state index in [1.54, 1.807) is 19.1 Å². The van der Waals surface area contributed by atoms with Gasteiger partial charge in [-0.25, -0.2) is 9.37 Å². The first-order valence-electron chi connectivity index (χ1n) is 13.1. The molecular weight excluding hydrogens is 461 g/mol. The van der Waals surface area contributed by atoms with Gasteiger partial charge in [-0.1, -0.05) is 26.8 Å². The average molecular weight is 500 g/mol. The van der Waals surface area contributed by atoms with Crippen molar-refractivity contribution in [3.05, 3.63) is 29.8 Å². The van der Waals surface area contributed by atoms with E-state index in [1.807, 2.05) is 4.90 Å².